The van der Waals surface area contributed by atoms with Gasteiger partial charge in [-0.2, -0.15) is 4.31 Å². The third kappa shape index (κ3) is 4.06. The summed E-state index contributed by atoms with van der Waals surface area (Å²) in [4.78, 5) is 2.51. The summed E-state index contributed by atoms with van der Waals surface area (Å²) in [6.07, 6.45) is 3.06. The van der Waals surface area contributed by atoms with E-state index in [9.17, 15) is 8.42 Å². The van der Waals surface area contributed by atoms with Gasteiger partial charge in [0, 0.05) is 29.4 Å². The molecule has 2 heterocycles. The van der Waals surface area contributed by atoms with Gasteiger partial charge in [0.05, 0.1) is 4.90 Å². The molecule has 0 saturated carbocycles. The molecule has 4 nitrogen and oxygen atoms in total. The number of thiophene rings is 1. The molecule has 1 saturated heterocycles. The maximum Gasteiger partial charge on any atom is 0.244 e. The Bertz CT molecular complexity index is 566. The van der Waals surface area contributed by atoms with Crippen molar-refractivity contribution in [2.75, 3.05) is 19.6 Å². The molecule has 120 valence electrons. The van der Waals surface area contributed by atoms with Crippen molar-refractivity contribution in [1.29, 1.82) is 0 Å². The van der Waals surface area contributed by atoms with Gasteiger partial charge in [0.1, 0.15) is 0 Å². The highest BCUT2D eigenvalue weighted by molar-refractivity contribution is 7.89. The Kier molecular flexibility index (Phi) is 5.82. The average Bonchev–Trinajstić information content (AvgIpc) is 2.66. The number of hydrogen-bond acceptors (Lipinski definition) is 4. The van der Waals surface area contributed by atoms with E-state index >= 15 is 0 Å². The predicted molar refractivity (Wildman–Crippen MR) is 88.2 cm³/mol. The molecule has 0 radical (unpaired) electrons. The number of aryl methyl sites for hydroxylation is 1. The number of nitrogens with one attached hydrogen (secondary N) is 1. The summed E-state index contributed by atoms with van der Waals surface area (Å²) in [6, 6.07) is 1.85. The van der Waals surface area contributed by atoms with Crippen LogP contribution in [-0.4, -0.2) is 32.4 Å². The SMILES string of the molecule is CCNCc1cc(S(=O)(=O)N2CCCC(C)CC2)c(C)s1. The fourth-order valence-electron chi connectivity index (χ4n) is 2.73. The van der Waals surface area contributed by atoms with Gasteiger partial charge in [0.25, 0.3) is 0 Å². The molecule has 0 aromatic carbocycles. The molecule has 1 N–H and O–H groups in total. The van der Waals surface area contributed by atoms with Crippen LogP contribution in [0.4, 0.5) is 0 Å². The van der Waals surface area contributed by atoms with E-state index in [1.807, 2.05) is 13.0 Å². The minimum Gasteiger partial charge on any atom is -0.312 e. The van der Waals surface area contributed by atoms with Crippen LogP contribution in [0, 0.1) is 12.8 Å². The topological polar surface area (TPSA) is 49.4 Å². The van der Waals surface area contributed by atoms with Gasteiger partial charge in [-0.1, -0.05) is 13.8 Å². The van der Waals surface area contributed by atoms with E-state index in [4.69, 9.17) is 0 Å². The van der Waals surface area contributed by atoms with E-state index in [2.05, 4.69) is 19.2 Å². The maximum atomic E-state index is 12.9. The molecule has 1 fully saturated rings. The third-order valence-corrected chi connectivity index (χ3v) is 7.27. The van der Waals surface area contributed by atoms with E-state index < -0.39 is 10.0 Å². The van der Waals surface area contributed by atoms with Crippen LogP contribution in [0.25, 0.3) is 0 Å². The fraction of sp³-hybridized carbons (Fsp3) is 0.733. The molecule has 0 amide bonds. The first-order valence-electron chi connectivity index (χ1n) is 7.75. The normalized spacial score (nSPS) is 21.4. The number of hydrogen-bond donors (Lipinski definition) is 1. The molecule has 0 spiro atoms. The fourth-order valence-corrected chi connectivity index (χ4v) is 5.80. The van der Waals surface area contributed by atoms with Crippen LogP contribution in [0.3, 0.4) is 0 Å². The van der Waals surface area contributed by atoms with E-state index in [0.717, 1.165) is 42.1 Å². The van der Waals surface area contributed by atoms with E-state index in [0.29, 0.717) is 23.9 Å². The van der Waals surface area contributed by atoms with Crippen molar-refractivity contribution in [3.05, 3.63) is 15.8 Å². The molecule has 1 aliphatic heterocycles. The van der Waals surface area contributed by atoms with Crippen LogP contribution in [-0.2, 0) is 16.6 Å². The molecule has 21 heavy (non-hydrogen) atoms. The number of rotatable bonds is 5. The zero-order valence-corrected chi connectivity index (χ0v) is 14.8. The van der Waals surface area contributed by atoms with Gasteiger partial charge in [0.2, 0.25) is 10.0 Å². The molecule has 0 bridgehead atoms. The van der Waals surface area contributed by atoms with Gasteiger partial charge < -0.3 is 5.32 Å². The van der Waals surface area contributed by atoms with Gasteiger partial charge in [-0.15, -0.1) is 11.3 Å². The first-order chi connectivity index (χ1) is 9.95. The van der Waals surface area contributed by atoms with Crippen molar-refractivity contribution in [1.82, 2.24) is 9.62 Å². The average molecular weight is 331 g/mol. The standard InChI is InChI=1S/C15H26N2O2S2/c1-4-16-11-14-10-15(13(3)20-14)21(18,19)17-8-5-6-12(2)7-9-17/h10,12,16H,4-9,11H2,1-3H3. The van der Waals surface area contributed by atoms with Crippen molar-refractivity contribution in [3.8, 4) is 0 Å². The minimum atomic E-state index is -3.33. The summed E-state index contributed by atoms with van der Waals surface area (Å²) in [5.74, 6) is 0.623. The van der Waals surface area contributed by atoms with Crippen LogP contribution in [0.15, 0.2) is 11.0 Å². The quantitative estimate of drug-likeness (QED) is 0.903. The van der Waals surface area contributed by atoms with Crippen LogP contribution >= 0.6 is 11.3 Å². The molecule has 1 aromatic heterocycles. The maximum absolute atomic E-state index is 12.9. The Labute approximate surface area is 132 Å². The molecule has 2 rings (SSSR count). The van der Waals surface area contributed by atoms with Crippen molar-refractivity contribution in [2.45, 2.75) is 51.5 Å². The van der Waals surface area contributed by atoms with Gasteiger partial charge >= 0.3 is 0 Å². The summed E-state index contributed by atoms with van der Waals surface area (Å²) < 4.78 is 27.4. The Morgan fingerprint density at radius 2 is 2.14 bits per heavy atom. The second-order valence-electron chi connectivity index (χ2n) is 5.85. The molecule has 1 aromatic rings. The van der Waals surface area contributed by atoms with Crippen LogP contribution in [0.2, 0.25) is 0 Å². The molecule has 6 heteroatoms. The van der Waals surface area contributed by atoms with Crippen molar-refractivity contribution in [3.63, 3.8) is 0 Å². The lowest BCUT2D eigenvalue weighted by Crippen LogP contribution is -2.32. The van der Waals surface area contributed by atoms with Crippen LogP contribution in [0.1, 0.15) is 42.9 Å². The van der Waals surface area contributed by atoms with Gasteiger partial charge in [0.15, 0.2) is 0 Å². The highest BCUT2D eigenvalue weighted by atomic mass is 32.2. The zero-order chi connectivity index (χ0) is 15.5. The number of nitrogens with zero attached hydrogens (tertiary/aromatic N) is 1. The summed E-state index contributed by atoms with van der Waals surface area (Å²) in [6.45, 7) is 9.12. The largest absolute Gasteiger partial charge is 0.312 e. The minimum absolute atomic E-state index is 0.509. The van der Waals surface area contributed by atoms with E-state index in [1.54, 1.807) is 15.6 Å². The molecular weight excluding hydrogens is 304 g/mol. The molecule has 1 unspecified atom stereocenters. The molecule has 1 atom stereocenters. The predicted octanol–water partition coefficient (Wildman–Crippen LogP) is 2.98. The highest BCUT2D eigenvalue weighted by Crippen LogP contribution is 2.30. The first kappa shape index (κ1) is 16.9. The first-order valence-corrected chi connectivity index (χ1v) is 10.0. The van der Waals surface area contributed by atoms with Crippen LogP contribution < -0.4 is 5.32 Å². The van der Waals surface area contributed by atoms with E-state index in [-0.39, 0.29) is 0 Å². The Balaban J connectivity index is 2.20. The van der Waals surface area contributed by atoms with Crippen molar-refractivity contribution >= 4 is 21.4 Å². The Hall–Kier alpha value is -0.430. The molecular formula is C15H26N2O2S2. The second kappa shape index (κ2) is 7.22. The lowest BCUT2D eigenvalue weighted by molar-refractivity contribution is 0.416. The van der Waals surface area contributed by atoms with Gasteiger partial charge in [-0.25, -0.2) is 8.42 Å². The zero-order valence-electron chi connectivity index (χ0n) is 13.2. The third-order valence-electron chi connectivity index (χ3n) is 4.07. The highest BCUT2D eigenvalue weighted by Gasteiger charge is 2.29. The smallest absolute Gasteiger partial charge is 0.244 e. The second-order valence-corrected chi connectivity index (χ2v) is 9.10. The molecule has 0 aliphatic carbocycles. The summed E-state index contributed by atoms with van der Waals surface area (Å²) in [5, 5.41) is 3.25. The monoisotopic (exact) mass is 330 g/mol. The van der Waals surface area contributed by atoms with Gasteiger partial charge in [-0.3, -0.25) is 0 Å². The summed E-state index contributed by atoms with van der Waals surface area (Å²) in [5.41, 5.74) is 0. The Morgan fingerprint density at radius 3 is 2.86 bits per heavy atom. The number of sulfonamides is 1. The lowest BCUT2D eigenvalue weighted by Gasteiger charge is -2.19. The Morgan fingerprint density at radius 1 is 1.38 bits per heavy atom. The van der Waals surface area contributed by atoms with Crippen molar-refractivity contribution in [2.24, 2.45) is 5.92 Å². The van der Waals surface area contributed by atoms with Crippen molar-refractivity contribution < 1.29 is 8.42 Å². The summed E-state index contributed by atoms with van der Waals surface area (Å²) >= 11 is 1.58. The van der Waals surface area contributed by atoms with Crippen LogP contribution in [0.5, 0.6) is 0 Å². The van der Waals surface area contributed by atoms with Gasteiger partial charge in [-0.05, 0) is 44.7 Å². The van der Waals surface area contributed by atoms with E-state index in [1.165, 1.54) is 0 Å². The lowest BCUT2D eigenvalue weighted by atomic mass is 10.0. The molecule has 1 aliphatic rings. The summed E-state index contributed by atoms with van der Waals surface area (Å²) in [7, 11) is -3.33.